The minimum absolute atomic E-state index is 0.0797. The van der Waals surface area contributed by atoms with Gasteiger partial charge in [0.05, 0.1) is 6.42 Å². The second-order valence-corrected chi connectivity index (χ2v) is 7.14. The molecule has 0 spiro atoms. The Morgan fingerprint density at radius 3 is 2.86 bits per heavy atom. The fourth-order valence-corrected chi connectivity index (χ4v) is 4.18. The number of benzene rings is 1. The number of alkyl halides is 1. The van der Waals surface area contributed by atoms with Crippen molar-refractivity contribution in [1.29, 1.82) is 0 Å². The van der Waals surface area contributed by atoms with Crippen LogP contribution in [0, 0.1) is 0 Å². The highest BCUT2D eigenvalue weighted by molar-refractivity contribution is 9.09. The van der Waals surface area contributed by atoms with Gasteiger partial charge in [-0.05, 0) is 58.5 Å². The molecule has 1 aliphatic rings. The third kappa shape index (κ3) is 3.18. The van der Waals surface area contributed by atoms with E-state index >= 15 is 0 Å². The van der Waals surface area contributed by atoms with Crippen LogP contribution in [0.3, 0.4) is 0 Å². The molecule has 4 heteroatoms. The Bertz CT molecular complexity index is 730. The molecule has 0 atom stereocenters. The Labute approximate surface area is 142 Å². The summed E-state index contributed by atoms with van der Waals surface area (Å²) in [4.78, 5) is 12.3. The molecule has 0 fully saturated rings. The summed E-state index contributed by atoms with van der Waals surface area (Å²) >= 11 is 5.28. The summed E-state index contributed by atoms with van der Waals surface area (Å²) in [6.45, 7) is 0. The third-order valence-corrected chi connectivity index (χ3v) is 5.38. The van der Waals surface area contributed by atoms with Crippen molar-refractivity contribution in [3.63, 3.8) is 0 Å². The van der Waals surface area contributed by atoms with E-state index in [9.17, 15) is 4.79 Å². The minimum Gasteiger partial charge on any atom is -0.481 e. The van der Waals surface area contributed by atoms with Gasteiger partial charge in [0.15, 0.2) is 0 Å². The first-order chi connectivity index (χ1) is 10.7. The lowest BCUT2D eigenvalue weighted by molar-refractivity contribution is -0.136. The number of halogens is 1. The second-order valence-electron chi connectivity index (χ2n) is 5.43. The number of carbonyl (C=O) groups is 1. The van der Waals surface area contributed by atoms with Crippen molar-refractivity contribution in [2.45, 2.75) is 25.7 Å². The second kappa shape index (κ2) is 6.80. The first-order valence-corrected chi connectivity index (χ1v) is 9.36. The highest BCUT2D eigenvalue weighted by Crippen LogP contribution is 2.37. The van der Waals surface area contributed by atoms with Crippen molar-refractivity contribution < 1.29 is 9.90 Å². The van der Waals surface area contributed by atoms with Crippen molar-refractivity contribution >= 4 is 38.8 Å². The maximum atomic E-state index is 11.0. The summed E-state index contributed by atoms with van der Waals surface area (Å²) < 4.78 is 0. The van der Waals surface area contributed by atoms with E-state index in [-0.39, 0.29) is 6.42 Å². The van der Waals surface area contributed by atoms with Crippen molar-refractivity contribution in [1.82, 2.24) is 0 Å². The molecule has 0 saturated carbocycles. The van der Waals surface area contributed by atoms with Gasteiger partial charge in [0.2, 0.25) is 0 Å². The van der Waals surface area contributed by atoms with Gasteiger partial charge < -0.3 is 5.11 Å². The number of carboxylic acid groups (broad SMARTS) is 1. The van der Waals surface area contributed by atoms with Gasteiger partial charge in [-0.3, -0.25) is 4.79 Å². The summed E-state index contributed by atoms with van der Waals surface area (Å²) in [7, 11) is 0. The van der Waals surface area contributed by atoms with E-state index in [1.54, 1.807) is 11.3 Å². The number of fused-ring (bicyclic) bond motifs is 2. The van der Waals surface area contributed by atoms with Gasteiger partial charge in [-0.2, -0.15) is 0 Å². The smallest absolute Gasteiger partial charge is 0.307 e. The maximum absolute atomic E-state index is 11.0. The average molecular weight is 377 g/mol. The highest BCUT2D eigenvalue weighted by atomic mass is 79.9. The summed E-state index contributed by atoms with van der Waals surface area (Å²) in [5, 5.41) is 12.1. The van der Waals surface area contributed by atoms with Crippen LogP contribution < -0.4 is 0 Å². The molecule has 0 bridgehead atoms. The number of aryl methyl sites for hydroxylation is 2. The summed E-state index contributed by atoms with van der Waals surface area (Å²) in [5.41, 5.74) is 6.07. The van der Waals surface area contributed by atoms with E-state index in [2.05, 4.69) is 45.6 Å². The van der Waals surface area contributed by atoms with E-state index in [0.717, 1.165) is 30.2 Å². The lowest BCUT2D eigenvalue weighted by atomic mass is 9.95. The van der Waals surface area contributed by atoms with E-state index in [4.69, 9.17) is 5.11 Å². The number of aliphatic carboxylic acids is 1. The van der Waals surface area contributed by atoms with E-state index in [1.165, 1.54) is 27.1 Å². The Morgan fingerprint density at radius 1 is 1.27 bits per heavy atom. The molecule has 0 radical (unpaired) electrons. The molecule has 22 heavy (non-hydrogen) atoms. The average Bonchev–Trinajstić information content (AvgIpc) is 2.89. The summed E-state index contributed by atoms with van der Waals surface area (Å²) in [6.07, 6.45) is 5.39. The van der Waals surface area contributed by atoms with Gasteiger partial charge in [-0.25, -0.2) is 0 Å². The number of hydrogen-bond donors (Lipinski definition) is 1. The van der Waals surface area contributed by atoms with Gasteiger partial charge in [-0.15, -0.1) is 11.3 Å². The number of thiophene rings is 1. The van der Waals surface area contributed by atoms with Crippen LogP contribution in [0.15, 0.2) is 35.7 Å². The molecule has 0 aliphatic heterocycles. The number of allylic oxidation sites excluding steroid dienone is 1. The van der Waals surface area contributed by atoms with E-state index < -0.39 is 5.97 Å². The van der Waals surface area contributed by atoms with Crippen LogP contribution in [-0.4, -0.2) is 16.4 Å². The zero-order valence-corrected chi connectivity index (χ0v) is 14.5. The lowest BCUT2D eigenvalue weighted by Gasteiger charge is -2.11. The van der Waals surface area contributed by atoms with Gasteiger partial charge in [0.1, 0.15) is 0 Å². The Morgan fingerprint density at radius 2 is 2.09 bits per heavy atom. The summed E-state index contributed by atoms with van der Waals surface area (Å²) in [5.74, 6) is -0.781. The van der Waals surface area contributed by atoms with Crippen LogP contribution in [0.2, 0.25) is 0 Å². The van der Waals surface area contributed by atoms with Crippen molar-refractivity contribution in [3.8, 4) is 0 Å². The molecule has 1 N–H and O–H groups in total. The molecule has 1 aliphatic carbocycles. The molecular formula is C18H17BrO2S. The van der Waals surface area contributed by atoms with Gasteiger partial charge in [0, 0.05) is 10.2 Å². The molecule has 0 amide bonds. The van der Waals surface area contributed by atoms with Crippen molar-refractivity contribution in [2.75, 3.05) is 5.33 Å². The van der Waals surface area contributed by atoms with Crippen LogP contribution in [0.4, 0.5) is 0 Å². The molecule has 2 nitrogen and oxygen atoms in total. The van der Waals surface area contributed by atoms with Gasteiger partial charge in [0.25, 0.3) is 0 Å². The van der Waals surface area contributed by atoms with Gasteiger partial charge in [-0.1, -0.05) is 40.2 Å². The van der Waals surface area contributed by atoms with Gasteiger partial charge >= 0.3 is 5.97 Å². The molecule has 0 unspecified atom stereocenters. The number of rotatable bonds is 4. The SMILES string of the molecule is O=C(O)Cc1ccc2c(c1)/C(=C/CCBr)c1sccc1CC2. The topological polar surface area (TPSA) is 37.3 Å². The Hall–Kier alpha value is -1.39. The fourth-order valence-electron chi connectivity index (χ4n) is 2.94. The summed E-state index contributed by atoms with van der Waals surface area (Å²) in [6, 6.07) is 8.34. The normalized spacial score (nSPS) is 15.2. The molecule has 1 aromatic heterocycles. The predicted octanol–water partition coefficient (Wildman–Crippen LogP) is 4.69. The predicted molar refractivity (Wildman–Crippen MR) is 95.0 cm³/mol. The molecule has 3 rings (SSSR count). The molecule has 1 aromatic carbocycles. The van der Waals surface area contributed by atoms with Crippen LogP contribution in [0.5, 0.6) is 0 Å². The monoisotopic (exact) mass is 376 g/mol. The molecular weight excluding hydrogens is 360 g/mol. The van der Waals surface area contributed by atoms with Crippen molar-refractivity contribution in [2.24, 2.45) is 0 Å². The van der Waals surface area contributed by atoms with Crippen LogP contribution in [0.25, 0.3) is 5.57 Å². The highest BCUT2D eigenvalue weighted by Gasteiger charge is 2.19. The molecule has 1 heterocycles. The Kier molecular flexibility index (Phi) is 4.79. The Balaban J connectivity index is 2.11. The van der Waals surface area contributed by atoms with E-state index in [1.807, 2.05) is 6.07 Å². The third-order valence-electron chi connectivity index (χ3n) is 3.93. The van der Waals surface area contributed by atoms with Crippen molar-refractivity contribution in [3.05, 3.63) is 62.9 Å². The largest absolute Gasteiger partial charge is 0.481 e. The maximum Gasteiger partial charge on any atom is 0.307 e. The van der Waals surface area contributed by atoms with Crippen LogP contribution in [0.1, 0.15) is 33.6 Å². The molecule has 0 saturated heterocycles. The quantitative estimate of drug-likeness (QED) is 0.785. The standard InChI is InChI=1S/C18H17BrO2S/c19-8-1-2-15-16-10-12(11-17(20)21)3-4-13(16)5-6-14-7-9-22-18(14)15/h2-4,7,9-10H,1,5-6,8,11H2,(H,20,21)/b15-2-. The van der Waals surface area contributed by atoms with Crippen LogP contribution >= 0.6 is 27.3 Å². The molecule has 2 aromatic rings. The first-order valence-electron chi connectivity index (χ1n) is 7.36. The lowest BCUT2D eigenvalue weighted by Crippen LogP contribution is -2.02. The number of hydrogen-bond acceptors (Lipinski definition) is 2. The molecule has 114 valence electrons. The minimum atomic E-state index is -0.781. The zero-order chi connectivity index (χ0) is 15.5. The fraction of sp³-hybridized carbons (Fsp3) is 0.278. The van der Waals surface area contributed by atoms with Crippen LogP contribution in [-0.2, 0) is 24.1 Å². The number of carboxylic acids is 1. The zero-order valence-electron chi connectivity index (χ0n) is 12.1. The first kappa shape index (κ1) is 15.5. The van der Waals surface area contributed by atoms with E-state index in [0.29, 0.717) is 0 Å².